The van der Waals surface area contributed by atoms with Gasteiger partial charge in [-0.2, -0.15) is 0 Å². The zero-order valence-electron chi connectivity index (χ0n) is 20.5. The second-order valence-corrected chi connectivity index (χ2v) is 9.79. The minimum absolute atomic E-state index is 0.447. The minimum Gasteiger partial charge on any atom is -0.107 e. The molecule has 0 aliphatic heterocycles. The number of hydrogen-bond donors (Lipinski definition) is 0. The first-order valence-corrected chi connectivity index (χ1v) is 11.3. The Labute approximate surface area is 184 Å². The van der Waals surface area contributed by atoms with Crippen LogP contribution in [0.2, 0.25) is 0 Å². The van der Waals surface area contributed by atoms with E-state index in [-0.39, 0.29) is 0 Å². The van der Waals surface area contributed by atoms with E-state index in [2.05, 4.69) is 105 Å². The van der Waals surface area contributed by atoms with Crippen LogP contribution in [-0.2, 0) is 0 Å². The van der Waals surface area contributed by atoms with Crippen molar-refractivity contribution in [1.82, 2.24) is 0 Å². The van der Waals surface area contributed by atoms with E-state index in [1.807, 2.05) is 0 Å². The van der Waals surface area contributed by atoms with Crippen LogP contribution in [0, 0.1) is 59.3 Å². The zero-order valence-corrected chi connectivity index (χ0v) is 20.5. The van der Waals surface area contributed by atoms with Gasteiger partial charge in [0.1, 0.15) is 0 Å². The Balaban J connectivity index is 2.45. The average molecular weight is 398 g/mol. The molecule has 1 radical (unpaired) electrons. The second kappa shape index (κ2) is 8.44. The summed E-state index contributed by atoms with van der Waals surface area (Å²) in [6.07, 6.45) is 2.47. The zero-order chi connectivity index (χ0) is 22.3. The maximum atomic E-state index is 3.98. The predicted molar refractivity (Wildman–Crippen MR) is 133 cm³/mol. The Morgan fingerprint density at radius 1 is 0.567 bits per heavy atom. The molecule has 2 aromatic rings. The van der Waals surface area contributed by atoms with Crippen LogP contribution in [0.25, 0.3) is 11.1 Å². The number of allylic oxidation sites excluding steroid dienone is 3. The number of hydrogen-bond acceptors (Lipinski definition) is 0. The lowest BCUT2D eigenvalue weighted by Crippen LogP contribution is -2.14. The summed E-state index contributed by atoms with van der Waals surface area (Å²) in [4.78, 5) is 0. The van der Waals surface area contributed by atoms with Gasteiger partial charge in [0.15, 0.2) is 0 Å². The maximum absolute atomic E-state index is 3.98. The van der Waals surface area contributed by atoms with Gasteiger partial charge in [0.2, 0.25) is 0 Å². The van der Waals surface area contributed by atoms with Crippen molar-refractivity contribution in [3.05, 3.63) is 92.1 Å². The lowest BCUT2D eigenvalue weighted by Gasteiger charge is -2.29. The fourth-order valence-electron chi connectivity index (χ4n) is 5.05. The van der Waals surface area contributed by atoms with Gasteiger partial charge in [0, 0.05) is 17.1 Å². The molecular formula is C30H37. The third kappa shape index (κ3) is 4.12. The third-order valence-corrected chi connectivity index (χ3v) is 6.24. The van der Waals surface area contributed by atoms with Gasteiger partial charge < -0.3 is 0 Å². The lowest BCUT2D eigenvalue weighted by molar-refractivity contribution is 0.721. The quantitative estimate of drug-likeness (QED) is 0.454. The van der Waals surface area contributed by atoms with Gasteiger partial charge in [-0.3, -0.25) is 0 Å². The summed E-state index contributed by atoms with van der Waals surface area (Å²) in [5, 5.41) is 0. The molecule has 0 spiro atoms. The van der Waals surface area contributed by atoms with Crippen LogP contribution in [0.15, 0.2) is 41.6 Å². The molecular weight excluding hydrogens is 360 g/mol. The molecule has 0 unspecified atom stereocenters. The topological polar surface area (TPSA) is 0 Å². The van der Waals surface area contributed by atoms with Gasteiger partial charge in [-0.1, -0.05) is 69.2 Å². The van der Waals surface area contributed by atoms with Crippen molar-refractivity contribution >= 4 is 11.1 Å². The summed E-state index contributed by atoms with van der Waals surface area (Å²) in [5.41, 5.74) is 18.6. The smallest absolute Gasteiger partial charge is 0.0381 e. The normalized spacial score (nSPS) is 14.9. The van der Waals surface area contributed by atoms with E-state index in [0.29, 0.717) is 11.8 Å². The third-order valence-electron chi connectivity index (χ3n) is 6.24. The van der Waals surface area contributed by atoms with Crippen LogP contribution in [0.3, 0.4) is 0 Å². The van der Waals surface area contributed by atoms with Crippen LogP contribution < -0.4 is 0 Å². The summed E-state index contributed by atoms with van der Waals surface area (Å²) in [5.74, 6) is 2.30. The summed E-state index contributed by atoms with van der Waals surface area (Å²) in [7, 11) is 0. The molecule has 1 aliphatic rings. The first-order chi connectivity index (χ1) is 14.0. The SMILES string of the molecule is Cc1cc(C)c(C2=C=C(c3c(C)cc(C)cc3C)C(C(C)C)=C[C]2C(C)C)c(C)c1. The van der Waals surface area contributed by atoms with Crippen molar-refractivity contribution in [3.8, 4) is 0 Å². The largest absolute Gasteiger partial charge is 0.107 e. The summed E-state index contributed by atoms with van der Waals surface area (Å²) in [6.45, 7) is 22.5. The Bertz CT molecular complexity index is 1030. The molecule has 1 aliphatic carbocycles. The highest BCUT2D eigenvalue weighted by Gasteiger charge is 2.28. The van der Waals surface area contributed by atoms with E-state index in [1.165, 1.54) is 67.1 Å². The molecule has 0 aromatic heterocycles. The van der Waals surface area contributed by atoms with Crippen LogP contribution >= 0.6 is 0 Å². The van der Waals surface area contributed by atoms with Crippen LogP contribution in [0.1, 0.15) is 72.2 Å². The summed E-state index contributed by atoms with van der Waals surface area (Å²) < 4.78 is 0. The van der Waals surface area contributed by atoms with E-state index < -0.39 is 0 Å². The van der Waals surface area contributed by atoms with E-state index in [0.717, 1.165) is 0 Å². The van der Waals surface area contributed by atoms with Gasteiger partial charge in [0.25, 0.3) is 0 Å². The molecule has 0 N–H and O–H groups in total. The molecule has 0 atom stereocenters. The molecule has 3 rings (SSSR count). The molecule has 0 bridgehead atoms. The van der Waals surface area contributed by atoms with Crippen LogP contribution in [0.4, 0.5) is 0 Å². The van der Waals surface area contributed by atoms with Crippen molar-refractivity contribution in [2.75, 3.05) is 0 Å². The average Bonchev–Trinajstić information content (AvgIpc) is 2.59. The molecule has 2 aromatic carbocycles. The Kier molecular flexibility index (Phi) is 6.30. The number of rotatable bonds is 4. The highest BCUT2D eigenvalue weighted by molar-refractivity contribution is 5.95. The van der Waals surface area contributed by atoms with E-state index >= 15 is 0 Å². The van der Waals surface area contributed by atoms with Gasteiger partial charge in [0.05, 0.1) is 0 Å². The highest BCUT2D eigenvalue weighted by atomic mass is 14.3. The Hall–Kier alpha value is -2.30. The van der Waals surface area contributed by atoms with Crippen molar-refractivity contribution in [2.24, 2.45) is 11.8 Å². The first-order valence-electron chi connectivity index (χ1n) is 11.3. The van der Waals surface area contributed by atoms with Crippen molar-refractivity contribution in [2.45, 2.75) is 69.2 Å². The van der Waals surface area contributed by atoms with Crippen molar-refractivity contribution in [3.63, 3.8) is 0 Å². The Morgan fingerprint density at radius 2 is 0.967 bits per heavy atom. The summed E-state index contributed by atoms with van der Waals surface area (Å²) >= 11 is 0. The molecule has 0 heteroatoms. The maximum Gasteiger partial charge on any atom is 0.0381 e. The molecule has 30 heavy (non-hydrogen) atoms. The van der Waals surface area contributed by atoms with E-state index in [1.54, 1.807) is 0 Å². The van der Waals surface area contributed by atoms with Gasteiger partial charge in [-0.15, -0.1) is 5.73 Å². The molecule has 0 heterocycles. The predicted octanol–water partition coefficient (Wildman–Crippen LogP) is 8.43. The second-order valence-electron chi connectivity index (χ2n) is 9.79. The molecule has 0 saturated carbocycles. The molecule has 0 saturated heterocycles. The van der Waals surface area contributed by atoms with E-state index in [4.69, 9.17) is 0 Å². The molecule has 0 amide bonds. The van der Waals surface area contributed by atoms with Crippen LogP contribution in [0.5, 0.6) is 0 Å². The van der Waals surface area contributed by atoms with Gasteiger partial charge in [-0.05, 0) is 92.3 Å². The fraction of sp³-hybridized carbons (Fsp3) is 0.400. The van der Waals surface area contributed by atoms with Gasteiger partial charge in [-0.25, -0.2) is 0 Å². The molecule has 0 fully saturated rings. The molecule has 157 valence electrons. The van der Waals surface area contributed by atoms with Crippen molar-refractivity contribution < 1.29 is 0 Å². The first kappa shape index (κ1) is 22.4. The highest BCUT2D eigenvalue weighted by Crippen LogP contribution is 2.44. The monoisotopic (exact) mass is 397 g/mol. The van der Waals surface area contributed by atoms with Crippen LogP contribution in [-0.4, -0.2) is 0 Å². The van der Waals surface area contributed by atoms with Crippen molar-refractivity contribution in [1.29, 1.82) is 0 Å². The number of aryl methyl sites for hydroxylation is 6. The fourth-order valence-corrected chi connectivity index (χ4v) is 5.05. The lowest BCUT2D eigenvalue weighted by atomic mass is 9.73. The Morgan fingerprint density at radius 3 is 1.33 bits per heavy atom. The summed E-state index contributed by atoms with van der Waals surface area (Å²) in [6, 6.07) is 9.22. The van der Waals surface area contributed by atoms with Gasteiger partial charge >= 0.3 is 0 Å². The van der Waals surface area contributed by atoms with E-state index in [9.17, 15) is 0 Å². The standard InChI is InChI=1S/C30H37/c1-17(2)25-15-26(18(3)4)28(30-23(9)13-20(6)14-24(30)10)16-27(25)29-21(7)11-19(5)12-22(29)8/h11-15,17-18H,1-10H3. The minimum atomic E-state index is 0.447. The molecule has 0 nitrogen and oxygen atoms in total. The number of benzene rings is 2.